The third-order valence-corrected chi connectivity index (χ3v) is 5.84. The van der Waals surface area contributed by atoms with Crippen LogP contribution in [0, 0.1) is 5.92 Å². The van der Waals surface area contributed by atoms with Crippen LogP contribution in [0.25, 0.3) is 10.9 Å². The van der Waals surface area contributed by atoms with E-state index in [0.717, 1.165) is 28.8 Å². The molecule has 7 nitrogen and oxygen atoms in total. The van der Waals surface area contributed by atoms with Gasteiger partial charge in [-0.1, -0.05) is 49.9 Å². The lowest BCUT2D eigenvalue weighted by Crippen LogP contribution is -2.12. The molecule has 8 heteroatoms. The first-order chi connectivity index (χ1) is 15.0. The summed E-state index contributed by atoms with van der Waals surface area (Å²) < 4.78 is 7.41. The third kappa shape index (κ3) is 4.96. The summed E-state index contributed by atoms with van der Waals surface area (Å²) in [4.78, 5) is 19.8. The van der Waals surface area contributed by atoms with E-state index in [4.69, 9.17) is 4.74 Å². The van der Waals surface area contributed by atoms with Crippen LogP contribution in [-0.2, 0) is 18.7 Å². The van der Waals surface area contributed by atoms with E-state index in [2.05, 4.69) is 38.6 Å². The lowest BCUT2D eigenvalue weighted by Gasteiger charge is -2.12. The minimum absolute atomic E-state index is 0.120. The maximum absolute atomic E-state index is 12.3. The van der Waals surface area contributed by atoms with Crippen molar-refractivity contribution in [1.29, 1.82) is 0 Å². The number of methoxy groups -OCH3 is 1. The number of thioether (sulfide) groups is 1. The summed E-state index contributed by atoms with van der Waals surface area (Å²) in [7, 11) is 1.66. The highest BCUT2D eigenvalue weighted by Crippen LogP contribution is 2.23. The number of rotatable bonds is 8. The Kier molecular flexibility index (Phi) is 6.36. The average molecular weight is 436 g/mol. The molecule has 4 rings (SSSR count). The van der Waals surface area contributed by atoms with Crippen LogP contribution in [0.5, 0.6) is 5.75 Å². The lowest BCUT2D eigenvalue weighted by atomic mass is 10.1. The molecule has 0 aliphatic carbocycles. The number of hydrogen-bond donors (Lipinski definition) is 1. The number of benzene rings is 2. The monoisotopic (exact) mass is 435 g/mol. The number of hydrogen-bond acceptors (Lipinski definition) is 6. The number of para-hydroxylation sites is 1. The number of fused-ring (bicyclic) bond motifs is 1. The van der Waals surface area contributed by atoms with E-state index in [1.807, 2.05) is 42.5 Å². The van der Waals surface area contributed by atoms with Gasteiger partial charge in [-0.25, -0.2) is 4.98 Å². The van der Waals surface area contributed by atoms with Gasteiger partial charge in [0.1, 0.15) is 17.4 Å². The molecule has 0 radical (unpaired) electrons. The van der Waals surface area contributed by atoms with Crippen LogP contribution in [0.4, 0.5) is 0 Å². The Labute approximate surface area is 184 Å². The third-order valence-electron chi connectivity index (χ3n) is 4.86. The molecule has 0 bridgehead atoms. The summed E-state index contributed by atoms with van der Waals surface area (Å²) >= 11 is 1.53. The number of nitrogens with zero attached hydrogens (tertiary/aromatic N) is 4. The molecular formula is C23H25N5O2S. The van der Waals surface area contributed by atoms with Crippen LogP contribution in [0.3, 0.4) is 0 Å². The van der Waals surface area contributed by atoms with E-state index >= 15 is 0 Å². The minimum atomic E-state index is -0.120. The second kappa shape index (κ2) is 9.34. The van der Waals surface area contributed by atoms with Crippen molar-refractivity contribution in [3.63, 3.8) is 0 Å². The first-order valence-electron chi connectivity index (χ1n) is 10.2. The largest absolute Gasteiger partial charge is 0.497 e. The van der Waals surface area contributed by atoms with Crippen molar-refractivity contribution in [2.75, 3.05) is 7.11 Å². The average Bonchev–Trinajstić information content (AvgIpc) is 3.13. The van der Waals surface area contributed by atoms with Gasteiger partial charge in [0.05, 0.1) is 23.8 Å². The molecule has 1 N–H and O–H groups in total. The van der Waals surface area contributed by atoms with Gasteiger partial charge in [-0.3, -0.25) is 4.79 Å². The zero-order valence-corrected chi connectivity index (χ0v) is 18.6. The molecule has 2 heterocycles. The van der Waals surface area contributed by atoms with Crippen molar-refractivity contribution < 1.29 is 4.74 Å². The van der Waals surface area contributed by atoms with E-state index < -0.39 is 0 Å². The Hall–Kier alpha value is -3.13. The topological polar surface area (TPSA) is 85.7 Å². The van der Waals surface area contributed by atoms with Gasteiger partial charge in [0.2, 0.25) is 0 Å². The second-order valence-corrected chi connectivity index (χ2v) is 8.69. The number of H-pyrrole nitrogens is 1. The summed E-state index contributed by atoms with van der Waals surface area (Å²) in [5.41, 5.74) is 1.73. The van der Waals surface area contributed by atoms with Crippen LogP contribution in [0.1, 0.15) is 31.1 Å². The Morgan fingerprint density at radius 1 is 1.10 bits per heavy atom. The van der Waals surface area contributed by atoms with Gasteiger partial charge >= 0.3 is 0 Å². The van der Waals surface area contributed by atoms with Crippen LogP contribution >= 0.6 is 11.8 Å². The molecular weight excluding hydrogens is 410 g/mol. The predicted molar refractivity (Wildman–Crippen MR) is 123 cm³/mol. The molecule has 0 amide bonds. The molecule has 0 aliphatic rings. The Balaban J connectivity index is 1.55. The van der Waals surface area contributed by atoms with Gasteiger partial charge < -0.3 is 14.3 Å². The fourth-order valence-corrected chi connectivity index (χ4v) is 4.20. The molecule has 2 aromatic heterocycles. The first kappa shape index (κ1) is 21.1. The van der Waals surface area contributed by atoms with Crippen molar-refractivity contribution in [1.82, 2.24) is 24.7 Å². The van der Waals surface area contributed by atoms with E-state index in [1.165, 1.54) is 11.8 Å². The van der Waals surface area contributed by atoms with Crippen molar-refractivity contribution >= 4 is 22.7 Å². The predicted octanol–water partition coefficient (Wildman–Crippen LogP) is 4.06. The Bertz CT molecular complexity index is 1230. The van der Waals surface area contributed by atoms with E-state index in [9.17, 15) is 4.79 Å². The van der Waals surface area contributed by atoms with Crippen LogP contribution in [0.2, 0.25) is 0 Å². The summed E-state index contributed by atoms with van der Waals surface area (Å²) in [6.07, 6.45) is 0.690. The van der Waals surface area contributed by atoms with E-state index in [0.29, 0.717) is 34.8 Å². The van der Waals surface area contributed by atoms with Crippen molar-refractivity contribution in [3.8, 4) is 5.75 Å². The van der Waals surface area contributed by atoms with Gasteiger partial charge in [0, 0.05) is 13.0 Å². The van der Waals surface area contributed by atoms with Crippen LogP contribution < -0.4 is 10.3 Å². The summed E-state index contributed by atoms with van der Waals surface area (Å²) in [5, 5.41) is 10.3. The maximum atomic E-state index is 12.3. The fourth-order valence-electron chi connectivity index (χ4n) is 3.37. The molecule has 0 saturated heterocycles. The van der Waals surface area contributed by atoms with Gasteiger partial charge in [-0.15, -0.1) is 10.2 Å². The van der Waals surface area contributed by atoms with Crippen LogP contribution in [-0.4, -0.2) is 31.8 Å². The molecule has 2 aromatic carbocycles. The van der Waals surface area contributed by atoms with Gasteiger partial charge in [-0.05, 0) is 35.7 Å². The summed E-state index contributed by atoms with van der Waals surface area (Å²) in [5.74, 6) is 3.34. The van der Waals surface area contributed by atoms with E-state index in [-0.39, 0.29) is 5.56 Å². The zero-order valence-electron chi connectivity index (χ0n) is 17.8. The fraction of sp³-hybridized carbons (Fsp3) is 0.304. The Morgan fingerprint density at radius 3 is 2.61 bits per heavy atom. The van der Waals surface area contributed by atoms with Gasteiger partial charge in [0.25, 0.3) is 5.56 Å². The summed E-state index contributed by atoms with van der Waals surface area (Å²) in [6.45, 7) is 5.17. The molecule has 0 fully saturated rings. The molecule has 0 spiro atoms. The van der Waals surface area contributed by atoms with Crippen molar-refractivity contribution in [2.24, 2.45) is 5.92 Å². The number of aromatic nitrogens is 5. The highest BCUT2D eigenvalue weighted by molar-refractivity contribution is 7.98. The SMILES string of the molecule is COc1ccc(Cc2nnc(SCc3nc4ccccc4c(=O)[nH]3)n2CC(C)C)cc1. The van der Waals surface area contributed by atoms with Gasteiger partial charge in [-0.2, -0.15) is 0 Å². The maximum Gasteiger partial charge on any atom is 0.258 e. The van der Waals surface area contributed by atoms with E-state index in [1.54, 1.807) is 13.2 Å². The highest BCUT2D eigenvalue weighted by atomic mass is 32.2. The lowest BCUT2D eigenvalue weighted by molar-refractivity contribution is 0.414. The standard InChI is InChI=1S/C23H25N5O2S/c1-15(2)13-28-21(12-16-8-10-17(30-3)11-9-16)26-27-23(28)31-14-20-24-19-7-5-4-6-18(19)22(29)25-20/h4-11,15H,12-14H2,1-3H3,(H,24,25,29). The quantitative estimate of drug-likeness (QED) is 0.420. The molecule has 0 atom stereocenters. The Morgan fingerprint density at radius 2 is 1.87 bits per heavy atom. The number of ether oxygens (including phenoxy) is 1. The zero-order chi connectivity index (χ0) is 21.8. The molecule has 0 unspecified atom stereocenters. The van der Waals surface area contributed by atoms with Crippen molar-refractivity contribution in [2.45, 2.75) is 37.7 Å². The second-order valence-electron chi connectivity index (χ2n) is 7.75. The molecule has 0 saturated carbocycles. The molecule has 4 aromatic rings. The van der Waals surface area contributed by atoms with Gasteiger partial charge in [0.15, 0.2) is 5.16 Å². The highest BCUT2D eigenvalue weighted by Gasteiger charge is 2.15. The van der Waals surface area contributed by atoms with Crippen molar-refractivity contribution in [3.05, 3.63) is 76.1 Å². The number of nitrogens with one attached hydrogen (secondary N) is 1. The van der Waals surface area contributed by atoms with Crippen LogP contribution in [0.15, 0.2) is 58.5 Å². The minimum Gasteiger partial charge on any atom is -0.497 e. The normalized spacial score (nSPS) is 11.4. The smallest absolute Gasteiger partial charge is 0.258 e. The number of aromatic amines is 1. The first-order valence-corrected chi connectivity index (χ1v) is 11.2. The molecule has 0 aliphatic heterocycles. The summed E-state index contributed by atoms with van der Waals surface area (Å²) in [6, 6.07) is 15.4. The molecule has 31 heavy (non-hydrogen) atoms. The molecule has 160 valence electrons.